The fraction of sp³-hybridized carbons (Fsp3) is 0.588. The molecule has 0 spiro atoms. The second-order valence-electron chi connectivity index (χ2n) is 5.87. The maximum absolute atomic E-state index is 12.5. The molecular weight excluding hydrogens is 266 g/mol. The third-order valence-corrected chi connectivity index (χ3v) is 4.62. The van der Waals surface area contributed by atoms with Crippen LogP contribution in [0.5, 0.6) is 0 Å². The lowest BCUT2D eigenvalue weighted by Crippen LogP contribution is -2.39. The van der Waals surface area contributed by atoms with Gasteiger partial charge in [-0.2, -0.15) is 0 Å². The van der Waals surface area contributed by atoms with Gasteiger partial charge in [0.25, 0.3) is 0 Å². The van der Waals surface area contributed by atoms with Crippen LogP contribution in [0.25, 0.3) is 0 Å². The Hall–Kier alpha value is -1.39. The standard InChI is InChI=1S/C17H23NO3/c1-2-21-16(19)17(14-6-4-3-5-7-14)12-15(17)13-18-8-10-20-11-9-18/h3-7,15H,2,8-13H2,1H3. The van der Waals surface area contributed by atoms with Crippen LogP contribution in [0, 0.1) is 5.92 Å². The molecule has 3 rings (SSSR count). The first-order valence-electron chi connectivity index (χ1n) is 7.80. The van der Waals surface area contributed by atoms with Gasteiger partial charge < -0.3 is 9.47 Å². The summed E-state index contributed by atoms with van der Waals surface area (Å²) in [4.78, 5) is 14.9. The fourth-order valence-corrected chi connectivity index (χ4v) is 3.36. The number of esters is 1. The molecule has 1 aromatic carbocycles. The summed E-state index contributed by atoms with van der Waals surface area (Å²) in [7, 11) is 0. The minimum atomic E-state index is -0.421. The van der Waals surface area contributed by atoms with Crippen molar-refractivity contribution >= 4 is 5.97 Å². The lowest BCUT2D eigenvalue weighted by Gasteiger charge is -2.27. The third-order valence-electron chi connectivity index (χ3n) is 4.62. The molecule has 1 aliphatic heterocycles. The number of nitrogens with zero attached hydrogens (tertiary/aromatic N) is 1. The van der Waals surface area contributed by atoms with Crippen molar-refractivity contribution in [1.82, 2.24) is 4.90 Å². The molecule has 0 aromatic heterocycles. The third kappa shape index (κ3) is 2.83. The van der Waals surface area contributed by atoms with Gasteiger partial charge in [0.05, 0.1) is 25.2 Å². The van der Waals surface area contributed by atoms with Crippen LogP contribution in [-0.4, -0.2) is 50.3 Å². The van der Waals surface area contributed by atoms with Crippen LogP contribution in [0.3, 0.4) is 0 Å². The molecule has 1 aliphatic carbocycles. The molecule has 21 heavy (non-hydrogen) atoms. The molecule has 2 atom stereocenters. The molecule has 1 aromatic rings. The summed E-state index contributed by atoms with van der Waals surface area (Å²) in [6.45, 7) is 6.79. The van der Waals surface area contributed by atoms with Crippen molar-refractivity contribution in [3.05, 3.63) is 35.9 Å². The molecule has 1 saturated heterocycles. The second kappa shape index (κ2) is 6.16. The highest BCUT2D eigenvalue weighted by molar-refractivity contribution is 5.87. The van der Waals surface area contributed by atoms with E-state index < -0.39 is 5.41 Å². The SMILES string of the molecule is CCOC(=O)C1(c2ccccc2)CC1CN1CCOCC1. The summed E-state index contributed by atoms with van der Waals surface area (Å²) >= 11 is 0. The summed E-state index contributed by atoms with van der Waals surface area (Å²) in [6, 6.07) is 10.1. The summed E-state index contributed by atoms with van der Waals surface area (Å²) < 4.78 is 10.8. The molecule has 4 nitrogen and oxygen atoms in total. The van der Waals surface area contributed by atoms with Gasteiger partial charge >= 0.3 is 5.97 Å². The van der Waals surface area contributed by atoms with Crippen molar-refractivity contribution in [1.29, 1.82) is 0 Å². The van der Waals surface area contributed by atoms with Crippen molar-refractivity contribution < 1.29 is 14.3 Å². The maximum atomic E-state index is 12.5. The minimum Gasteiger partial charge on any atom is -0.465 e. The molecule has 2 unspecified atom stereocenters. The number of benzene rings is 1. The minimum absolute atomic E-state index is 0.0607. The monoisotopic (exact) mass is 289 g/mol. The van der Waals surface area contributed by atoms with Crippen molar-refractivity contribution in [3.63, 3.8) is 0 Å². The van der Waals surface area contributed by atoms with E-state index in [1.54, 1.807) is 0 Å². The Balaban J connectivity index is 1.75. The van der Waals surface area contributed by atoms with E-state index in [1.165, 1.54) is 0 Å². The van der Waals surface area contributed by atoms with Crippen molar-refractivity contribution in [2.45, 2.75) is 18.8 Å². The van der Waals surface area contributed by atoms with E-state index in [0.717, 1.165) is 44.8 Å². The normalized spacial score (nSPS) is 29.1. The van der Waals surface area contributed by atoms with Gasteiger partial charge in [-0.1, -0.05) is 30.3 Å². The summed E-state index contributed by atoms with van der Waals surface area (Å²) in [5.74, 6) is 0.298. The van der Waals surface area contributed by atoms with Crippen molar-refractivity contribution in [3.8, 4) is 0 Å². The number of morpholine rings is 1. The quantitative estimate of drug-likeness (QED) is 0.775. The lowest BCUT2D eigenvalue weighted by molar-refractivity contribution is -0.146. The lowest BCUT2D eigenvalue weighted by atomic mass is 9.93. The Kier molecular flexibility index (Phi) is 4.27. The van der Waals surface area contributed by atoms with E-state index in [0.29, 0.717) is 12.5 Å². The fourth-order valence-electron chi connectivity index (χ4n) is 3.36. The van der Waals surface area contributed by atoms with Crippen LogP contribution in [0.1, 0.15) is 18.9 Å². The van der Waals surface area contributed by atoms with E-state index in [9.17, 15) is 4.79 Å². The van der Waals surface area contributed by atoms with Crippen LogP contribution in [-0.2, 0) is 19.7 Å². The van der Waals surface area contributed by atoms with Crippen molar-refractivity contribution in [2.24, 2.45) is 5.92 Å². The average Bonchev–Trinajstić information content (AvgIpc) is 3.25. The summed E-state index contributed by atoms with van der Waals surface area (Å²) in [5.41, 5.74) is 0.678. The van der Waals surface area contributed by atoms with E-state index in [2.05, 4.69) is 17.0 Å². The number of rotatable bonds is 5. The number of hydrogen-bond acceptors (Lipinski definition) is 4. The zero-order valence-corrected chi connectivity index (χ0v) is 12.6. The van der Waals surface area contributed by atoms with Gasteiger partial charge in [-0.05, 0) is 24.8 Å². The zero-order valence-electron chi connectivity index (χ0n) is 12.6. The first-order chi connectivity index (χ1) is 10.3. The van der Waals surface area contributed by atoms with Gasteiger partial charge in [0.15, 0.2) is 0 Å². The Bertz CT molecular complexity index is 484. The smallest absolute Gasteiger partial charge is 0.316 e. The molecule has 1 saturated carbocycles. The van der Waals surface area contributed by atoms with Crippen molar-refractivity contribution in [2.75, 3.05) is 39.5 Å². The van der Waals surface area contributed by atoms with Gasteiger partial charge in [0.1, 0.15) is 0 Å². The average molecular weight is 289 g/mol. The molecular formula is C17H23NO3. The van der Waals surface area contributed by atoms with Gasteiger partial charge in [-0.25, -0.2) is 0 Å². The topological polar surface area (TPSA) is 38.8 Å². The number of carbonyl (C=O) groups excluding carboxylic acids is 1. The van der Waals surface area contributed by atoms with Gasteiger partial charge in [0, 0.05) is 19.6 Å². The number of ether oxygens (including phenoxy) is 2. The highest BCUT2D eigenvalue weighted by Crippen LogP contribution is 2.55. The summed E-state index contributed by atoms with van der Waals surface area (Å²) in [5, 5.41) is 0. The second-order valence-corrected chi connectivity index (χ2v) is 5.87. The van der Waals surface area contributed by atoms with Crippen LogP contribution in [0.2, 0.25) is 0 Å². The van der Waals surface area contributed by atoms with E-state index in [1.807, 2.05) is 25.1 Å². The Labute approximate surface area is 126 Å². The number of carbonyl (C=O) groups is 1. The van der Waals surface area contributed by atoms with E-state index in [-0.39, 0.29) is 5.97 Å². The van der Waals surface area contributed by atoms with Gasteiger partial charge in [0.2, 0.25) is 0 Å². The largest absolute Gasteiger partial charge is 0.465 e. The van der Waals surface area contributed by atoms with Crippen LogP contribution >= 0.6 is 0 Å². The highest BCUT2D eigenvalue weighted by Gasteiger charge is 2.62. The van der Waals surface area contributed by atoms with E-state index >= 15 is 0 Å². The summed E-state index contributed by atoms with van der Waals surface area (Å²) in [6.07, 6.45) is 0.896. The molecule has 0 bridgehead atoms. The predicted molar refractivity (Wildman–Crippen MR) is 80.1 cm³/mol. The first-order valence-corrected chi connectivity index (χ1v) is 7.80. The molecule has 1 heterocycles. The van der Waals surface area contributed by atoms with Crippen LogP contribution in [0.4, 0.5) is 0 Å². The van der Waals surface area contributed by atoms with Gasteiger partial charge in [-0.3, -0.25) is 9.69 Å². The number of hydrogen-bond donors (Lipinski definition) is 0. The highest BCUT2D eigenvalue weighted by atomic mass is 16.5. The van der Waals surface area contributed by atoms with Crippen LogP contribution < -0.4 is 0 Å². The molecule has 0 amide bonds. The van der Waals surface area contributed by atoms with Crippen LogP contribution in [0.15, 0.2) is 30.3 Å². The molecule has 0 radical (unpaired) electrons. The maximum Gasteiger partial charge on any atom is 0.316 e. The van der Waals surface area contributed by atoms with E-state index in [4.69, 9.17) is 9.47 Å². The first kappa shape index (κ1) is 14.5. The molecule has 4 heteroatoms. The Morgan fingerprint density at radius 1 is 1.33 bits per heavy atom. The molecule has 0 N–H and O–H groups in total. The Morgan fingerprint density at radius 3 is 2.71 bits per heavy atom. The zero-order chi connectivity index (χ0) is 14.7. The molecule has 2 fully saturated rings. The van der Waals surface area contributed by atoms with Gasteiger partial charge in [-0.15, -0.1) is 0 Å². The Morgan fingerprint density at radius 2 is 2.05 bits per heavy atom. The molecule has 2 aliphatic rings. The molecule has 114 valence electrons. The predicted octanol–water partition coefficient (Wildman–Crippen LogP) is 1.84.